The van der Waals surface area contributed by atoms with Gasteiger partial charge in [-0.25, -0.2) is 9.59 Å². The van der Waals surface area contributed by atoms with Gasteiger partial charge in [0.15, 0.2) is 6.10 Å². The normalized spacial score (nSPS) is 19.4. The van der Waals surface area contributed by atoms with Gasteiger partial charge in [0, 0.05) is 31.3 Å². The number of fused-ring (bicyclic) bond motifs is 3. The zero-order valence-electron chi connectivity index (χ0n) is 17.5. The fraction of sp³-hybridized carbons (Fsp3) is 0.375. The molecule has 2 aliphatic rings. The van der Waals surface area contributed by atoms with Gasteiger partial charge in [0.05, 0.1) is 0 Å². The number of carboxylic acid groups (broad SMARTS) is 1. The van der Waals surface area contributed by atoms with Crippen LogP contribution in [0, 0.1) is 11.8 Å². The number of hydrogen-bond donors (Lipinski definition) is 4. The Morgan fingerprint density at radius 3 is 2.25 bits per heavy atom. The van der Waals surface area contributed by atoms with Crippen LogP contribution in [0.2, 0.25) is 0 Å². The first kappa shape index (κ1) is 21.8. The molecule has 0 heterocycles. The molecule has 0 saturated heterocycles. The quantitative estimate of drug-likeness (QED) is 0.475. The summed E-state index contributed by atoms with van der Waals surface area (Å²) in [6, 6.07) is 16.2. The number of ether oxygens (including phenoxy) is 1. The topological polar surface area (TPSA) is 125 Å². The van der Waals surface area contributed by atoms with Gasteiger partial charge in [-0.1, -0.05) is 48.5 Å². The minimum absolute atomic E-state index is 0.00578. The van der Waals surface area contributed by atoms with Crippen molar-refractivity contribution in [3.63, 3.8) is 0 Å². The molecule has 2 aromatic carbocycles. The Hall–Kier alpha value is -3.39. The number of benzene rings is 2. The summed E-state index contributed by atoms with van der Waals surface area (Å²) < 4.78 is 5.49. The predicted molar refractivity (Wildman–Crippen MR) is 116 cm³/mol. The average Bonchev–Trinajstić information content (AvgIpc) is 3.51. The molecular formula is C24H26N2O6. The number of amides is 2. The van der Waals surface area contributed by atoms with E-state index in [-0.39, 0.29) is 43.2 Å². The fourth-order valence-corrected chi connectivity index (χ4v) is 4.24. The zero-order valence-corrected chi connectivity index (χ0v) is 17.5. The number of hydrogen-bond acceptors (Lipinski definition) is 5. The summed E-state index contributed by atoms with van der Waals surface area (Å²) >= 11 is 0. The monoisotopic (exact) mass is 438 g/mol. The van der Waals surface area contributed by atoms with E-state index in [1.165, 1.54) is 11.1 Å². The Kier molecular flexibility index (Phi) is 6.41. The zero-order chi connectivity index (χ0) is 22.7. The molecule has 168 valence electrons. The molecule has 0 bridgehead atoms. The molecule has 0 aromatic heterocycles. The van der Waals surface area contributed by atoms with Gasteiger partial charge in [-0.15, -0.1) is 0 Å². The van der Waals surface area contributed by atoms with Gasteiger partial charge < -0.3 is 25.6 Å². The van der Waals surface area contributed by atoms with Crippen molar-refractivity contribution in [3.8, 4) is 11.1 Å². The number of alkyl carbamates (subject to hydrolysis) is 1. The maximum Gasteiger partial charge on any atom is 0.407 e. The van der Waals surface area contributed by atoms with Gasteiger partial charge >= 0.3 is 12.1 Å². The Labute approximate surface area is 185 Å². The van der Waals surface area contributed by atoms with Crippen molar-refractivity contribution in [1.82, 2.24) is 10.6 Å². The average molecular weight is 438 g/mol. The minimum Gasteiger partial charge on any atom is -0.479 e. The molecule has 2 aliphatic carbocycles. The number of aliphatic hydroxyl groups excluding tert-OH is 1. The van der Waals surface area contributed by atoms with Crippen LogP contribution >= 0.6 is 0 Å². The van der Waals surface area contributed by atoms with Crippen LogP contribution in [0.3, 0.4) is 0 Å². The molecular weight excluding hydrogens is 412 g/mol. The van der Waals surface area contributed by atoms with Crippen molar-refractivity contribution in [3.05, 3.63) is 59.7 Å². The lowest BCUT2D eigenvalue weighted by atomic mass is 9.98. The van der Waals surface area contributed by atoms with Crippen LogP contribution in [0.15, 0.2) is 48.5 Å². The second-order valence-corrected chi connectivity index (χ2v) is 8.24. The van der Waals surface area contributed by atoms with Gasteiger partial charge in [-0.2, -0.15) is 0 Å². The van der Waals surface area contributed by atoms with E-state index in [9.17, 15) is 19.5 Å². The number of nitrogens with one attached hydrogen (secondary N) is 2. The molecule has 0 aliphatic heterocycles. The molecule has 4 rings (SSSR count). The summed E-state index contributed by atoms with van der Waals surface area (Å²) in [7, 11) is 0. The predicted octanol–water partition coefficient (Wildman–Crippen LogP) is 2.11. The number of aliphatic carboxylic acids is 1. The van der Waals surface area contributed by atoms with Gasteiger partial charge in [0.1, 0.15) is 6.61 Å². The second kappa shape index (κ2) is 9.40. The summed E-state index contributed by atoms with van der Waals surface area (Å²) in [4.78, 5) is 34.9. The highest BCUT2D eigenvalue weighted by Crippen LogP contribution is 2.44. The van der Waals surface area contributed by atoms with E-state index in [0.29, 0.717) is 13.0 Å². The van der Waals surface area contributed by atoms with Crippen LogP contribution < -0.4 is 10.6 Å². The number of aliphatic hydroxyl groups is 1. The Bertz CT molecular complexity index is 978. The molecule has 32 heavy (non-hydrogen) atoms. The highest BCUT2D eigenvalue weighted by Gasteiger charge is 2.42. The van der Waals surface area contributed by atoms with E-state index >= 15 is 0 Å². The molecule has 3 atom stereocenters. The largest absolute Gasteiger partial charge is 0.479 e. The first-order chi connectivity index (χ1) is 15.5. The standard InChI is InChI=1S/C24H26N2O6/c27-21(23(29)30)9-10-25-22(28)19-11-14(19)12-26-24(31)32-13-20-17-7-3-1-5-15(17)16-6-2-4-8-18(16)20/h1-8,14,19-21,27H,9-13H2,(H,25,28)(H,26,31)(H,29,30)/t14-,19-,21?/m1/s1. The van der Waals surface area contributed by atoms with Crippen LogP contribution in [0.25, 0.3) is 11.1 Å². The van der Waals surface area contributed by atoms with E-state index in [1.54, 1.807) is 0 Å². The van der Waals surface area contributed by atoms with Crippen LogP contribution in [-0.2, 0) is 14.3 Å². The molecule has 1 unspecified atom stereocenters. The summed E-state index contributed by atoms with van der Waals surface area (Å²) in [6.07, 6.45) is -1.39. The summed E-state index contributed by atoms with van der Waals surface area (Å²) in [5.41, 5.74) is 4.63. The van der Waals surface area contributed by atoms with E-state index in [0.717, 1.165) is 11.1 Å². The van der Waals surface area contributed by atoms with Gasteiger partial charge in [0.25, 0.3) is 0 Å². The van der Waals surface area contributed by atoms with Crippen LogP contribution in [0.4, 0.5) is 4.79 Å². The first-order valence-corrected chi connectivity index (χ1v) is 10.7. The van der Waals surface area contributed by atoms with E-state index in [2.05, 4.69) is 34.9 Å². The van der Waals surface area contributed by atoms with E-state index in [1.807, 2.05) is 24.3 Å². The van der Waals surface area contributed by atoms with Crippen LogP contribution in [0.1, 0.15) is 29.9 Å². The molecule has 2 aromatic rings. The van der Waals surface area contributed by atoms with Crippen molar-refractivity contribution < 1.29 is 29.3 Å². The minimum atomic E-state index is -1.49. The van der Waals surface area contributed by atoms with Crippen LogP contribution in [-0.4, -0.2) is 54.0 Å². The lowest BCUT2D eigenvalue weighted by Gasteiger charge is -2.14. The second-order valence-electron chi connectivity index (χ2n) is 8.24. The Balaban J connectivity index is 1.20. The molecule has 1 saturated carbocycles. The molecule has 4 N–H and O–H groups in total. The highest BCUT2D eigenvalue weighted by molar-refractivity contribution is 5.82. The summed E-state index contributed by atoms with van der Waals surface area (Å²) in [5.74, 6) is -1.70. The van der Waals surface area contributed by atoms with Crippen molar-refractivity contribution in [2.45, 2.75) is 24.9 Å². The third-order valence-electron chi connectivity index (χ3n) is 6.11. The third-order valence-corrected chi connectivity index (χ3v) is 6.11. The van der Waals surface area contributed by atoms with Crippen molar-refractivity contribution in [2.24, 2.45) is 11.8 Å². The van der Waals surface area contributed by atoms with E-state index < -0.39 is 18.2 Å². The Morgan fingerprint density at radius 2 is 1.62 bits per heavy atom. The molecule has 1 fully saturated rings. The highest BCUT2D eigenvalue weighted by atomic mass is 16.5. The van der Waals surface area contributed by atoms with E-state index in [4.69, 9.17) is 9.84 Å². The molecule has 2 amide bonds. The molecule has 0 radical (unpaired) electrons. The van der Waals surface area contributed by atoms with Gasteiger partial charge in [-0.3, -0.25) is 4.79 Å². The summed E-state index contributed by atoms with van der Waals surface area (Å²) in [5, 5.41) is 23.2. The lowest BCUT2D eigenvalue weighted by molar-refractivity contribution is -0.147. The number of carbonyl (C=O) groups is 3. The third kappa shape index (κ3) is 4.75. The molecule has 8 nitrogen and oxygen atoms in total. The van der Waals surface area contributed by atoms with Gasteiger partial charge in [0.2, 0.25) is 5.91 Å². The molecule has 8 heteroatoms. The van der Waals surface area contributed by atoms with Crippen molar-refractivity contribution in [1.29, 1.82) is 0 Å². The first-order valence-electron chi connectivity index (χ1n) is 10.7. The number of rotatable bonds is 9. The maximum atomic E-state index is 12.2. The smallest absolute Gasteiger partial charge is 0.407 e. The lowest BCUT2D eigenvalue weighted by Crippen LogP contribution is -2.32. The van der Waals surface area contributed by atoms with Crippen LogP contribution in [0.5, 0.6) is 0 Å². The van der Waals surface area contributed by atoms with Crippen molar-refractivity contribution >= 4 is 18.0 Å². The van der Waals surface area contributed by atoms with Crippen molar-refractivity contribution in [2.75, 3.05) is 19.7 Å². The maximum absolute atomic E-state index is 12.2. The SMILES string of the molecule is O=C(NC[C@H]1C[C@H]1C(=O)NCCC(O)C(=O)O)OCC1c2ccccc2-c2ccccc21. The van der Waals surface area contributed by atoms with Gasteiger partial charge in [-0.05, 0) is 34.6 Å². The Morgan fingerprint density at radius 1 is 1.00 bits per heavy atom. The molecule has 0 spiro atoms. The summed E-state index contributed by atoms with van der Waals surface area (Å²) in [6.45, 7) is 0.669. The number of carbonyl (C=O) groups excluding carboxylic acids is 2. The fourth-order valence-electron chi connectivity index (χ4n) is 4.24. The number of carboxylic acids is 1.